The van der Waals surface area contributed by atoms with Crippen LogP contribution < -0.4 is 5.73 Å². The SMILES string of the molecule is CC1CCC(OC(=O)C(C)(C)c2ccc(N)cc2)CC1C. The minimum atomic E-state index is -0.639. The third kappa shape index (κ3) is 3.58. The number of hydrogen-bond acceptors (Lipinski definition) is 3. The van der Waals surface area contributed by atoms with E-state index in [9.17, 15) is 4.79 Å². The van der Waals surface area contributed by atoms with Crippen molar-refractivity contribution in [3.05, 3.63) is 29.8 Å². The van der Waals surface area contributed by atoms with E-state index in [1.807, 2.05) is 38.1 Å². The largest absolute Gasteiger partial charge is 0.462 e. The van der Waals surface area contributed by atoms with Gasteiger partial charge in [-0.2, -0.15) is 0 Å². The summed E-state index contributed by atoms with van der Waals surface area (Å²) in [6.45, 7) is 8.35. The van der Waals surface area contributed by atoms with E-state index in [-0.39, 0.29) is 12.1 Å². The van der Waals surface area contributed by atoms with Gasteiger partial charge in [0.1, 0.15) is 6.10 Å². The van der Waals surface area contributed by atoms with Crippen LogP contribution in [-0.4, -0.2) is 12.1 Å². The molecule has 3 unspecified atom stereocenters. The van der Waals surface area contributed by atoms with Gasteiger partial charge in [-0.25, -0.2) is 0 Å². The number of benzene rings is 1. The van der Waals surface area contributed by atoms with Gasteiger partial charge >= 0.3 is 5.97 Å². The van der Waals surface area contributed by atoms with E-state index in [0.717, 1.165) is 30.7 Å². The Balaban J connectivity index is 2.03. The average molecular weight is 289 g/mol. The Kier molecular flexibility index (Phi) is 4.60. The van der Waals surface area contributed by atoms with Crippen LogP contribution in [0.4, 0.5) is 5.69 Å². The third-order valence-corrected chi connectivity index (χ3v) is 4.97. The molecule has 0 saturated heterocycles. The molecule has 0 bridgehead atoms. The molecule has 0 aliphatic heterocycles. The second-order valence-electron chi connectivity index (χ2n) is 7.04. The molecule has 21 heavy (non-hydrogen) atoms. The predicted octanol–water partition coefficient (Wildman–Crippen LogP) is 3.91. The predicted molar refractivity (Wildman–Crippen MR) is 85.9 cm³/mol. The van der Waals surface area contributed by atoms with Crippen molar-refractivity contribution in [2.45, 2.75) is 58.5 Å². The summed E-state index contributed by atoms with van der Waals surface area (Å²) in [5, 5.41) is 0. The average Bonchev–Trinajstić information content (AvgIpc) is 2.43. The van der Waals surface area contributed by atoms with Crippen molar-refractivity contribution in [2.75, 3.05) is 5.73 Å². The highest BCUT2D eigenvalue weighted by Crippen LogP contribution is 2.33. The minimum absolute atomic E-state index is 0.0664. The second-order valence-corrected chi connectivity index (χ2v) is 7.04. The first-order chi connectivity index (χ1) is 9.80. The standard InChI is InChI=1S/C18H27NO2/c1-12-5-10-16(11-13(12)2)21-17(20)18(3,4)14-6-8-15(19)9-7-14/h6-9,12-13,16H,5,10-11,19H2,1-4H3. The molecule has 1 aliphatic rings. The van der Waals surface area contributed by atoms with Gasteiger partial charge in [0.25, 0.3) is 0 Å². The highest BCUT2D eigenvalue weighted by Gasteiger charge is 2.35. The third-order valence-electron chi connectivity index (χ3n) is 4.97. The van der Waals surface area contributed by atoms with Crippen molar-refractivity contribution in [1.82, 2.24) is 0 Å². The number of carbonyl (C=O) groups excluding carboxylic acids is 1. The van der Waals surface area contributed by atoms with Crippen LogP contribution in [0.2, 0.25) is 0 Å². The monoisotopic (exact) mass is 289 g/mol. The molecule has 116 valence electrons. The number of hydrogen-bond donors (Lipinski definition) is 1. The Morgan fingerprint density at radius 3 is 2.33 bits per heavy atom. The van der Waals surface area contributed by atoms with Gasteiger partial charge in [-0.05, 0) is 62.6 Å². The topological polar surface area (TPSA) is 52.3 Å². The summed E-state index contributed by atoms with van der Waals surface area (Å²) in [7, 11) is 0. The molecule has 1 saturated carbocycles. The quantitative estimate of drug-likeness (QED) is 0.678. The number of esters is 1. The number of ether oxygens (including phenoxy) is 1. The van der Waals surface area contributed by atoms with Crippen LogP contribution in [0.3, 0.4) is 0 Å². The van der Waals surface area contributed by atoms with Crippen molar-refractivity contribution in [3.63, 3.8) is 0 Å². The Morgan fingerprint density at radius 2 is 1.76 bits per heavy atom. The Morgan fingerprint density at radius 1 is 1.14 bits per heavy atom. The number of anilines is 1. The fourth-order valence-electron chi connectivity index (χ4n) is 2.92. The summed E-state index contributed by atoms with van der Waals surface area (Å²) < 4.78 is 5.79. The van der Waals surface area contributed by atoms with Gasteiger partial charge in [-0.1, -0.05) is 26.0 Å². The van der Waals surface area contributed by atoms with E-state index in [2.05, 4.69) is 13.8 Å². The molecule has 2 N–H and O–H groups in total. The van der Waals surface area contributed by atoms with E-state index in [0.29, 0.717) is 11.6 Å². The van der Waals surface area contributed by atoms with Gasteiger partial charge in [0.2, 0.25) is 0 Å². The molecule has 1 aliphatic carbocycles. The molecule has 2 rings (SSSR count). The summed E-state index contributed by atoms with van der Waals surface area (Å²) in [5.41, 5.74) is 6.72. The number of rotatable bonds is 3. The van der Waals surface area contributed by atoms with Crippen molar-refractivity contribution in [3.8, 4) is 0 Å². The van der Waals surface area contributed by atoms with Crippen LogP contribution in [-0.2, 0) is 14.9 Å². The van der Waals surface area contributed by atoms with E-state index in [4.69, 9.17) is 10.5 Å². The molecule has 0 aromatic heterocycles. The highest BCUT2D eigenvalue weighted by atomic mass is 16.5. The van der Waals surface area contributed by atoms with Crippen LogP contribution in [0.1, 0.15) is 52.5 Å². The van der Waals surface area contributed by atoms with Crippen molar-refractivity contribution in [1.29, 1.82) is 0 Å². The zero-order valence-corrected chi connectivity index (χ0v) is 13.6. The van der Waals surface area contributed by atoms with Gasteiger partial charge < -0.3 is 10.5 Å². The van der Waals surface area contributed by atoms with Crippen LogP contribution in [0.25, 0.3) is 0 Å². The molecule has 3 atom stereocenters. The molecule has 1 aromatic carbocycles. The van der Waals surface area contributed by atoms with Crippen molar-refractivity contribution in [2.24, 2.45) is 11.8 Å². The first-order valence-electron chi connectivity index (χ1n) is 7.88. The van der Waals surface area contributed by atoms with Gasteiger partial charge in [0, 0.05) is 5.69 Å². The molecule has 0 spiro atoms. The smallest absolute Gasteiger partial charge is 0.316 e. The van der Waals surface area contributed by atoms with Crippen LogP contribution >= 0.6 is 0 Å². The van der Waals surface area contributed by atoms with Crippen molar-refractivity contribution < 1.29 is 9.53 Å². The molecule has 0 radical (unpaired) electrons. The lowest BCUT2D eigenvalue weighted by Gasteiger charge is -2.34. The fraction of sp³-hybridized carbons (Fsp3) is 0.611. The molecular weight excluding hydrogens is 262 g/mol. The maximum atomic E-state index is 12.6. The normalized spacial score (nSPS) is 26.4. The lowest BCUT2D eigenvalue weighted by molar-refractivity contribution is -0.157. The number of carbonyl (C=O) groups is 1. The minimum Gasteiger partial charge on any atom is -0.462 e. The zero-order valence-electron chi connectivity index (χ0n) is 13.6. The molecule has 3 nitrogen and oxygen atoms in total. The second kappa shape index (κ2) is 6.08. The Hall–Kier alpha value is -1.51. The maximum Gasteiger partial charge on any atom is 0.316 e. The van der Waals surface area contributed by atoms with Crippen LogP contribution in [0, 0.1) is 11.8 Å². The summed E-state index contributed by atoms with van der Waals surface area (Å²) in [4.78, 5) is 12.6. The first kappa shape index (κ1) is 15.9. The molecule has 1 aromatic rings. The lowest BCUT2D eigenvalue weighted by Crippen LogP contribution is -2.36. The lowest BCUT2D eigenvalue weighted by atomic mass is 9.80. The number of nitrogens with two attached hydrogens (primary N) is 1. The number of nitrogen functional groups attached to an aromatic ring is 1. The zero-order chi connectivity index (χ0) is 15.6. The molecule has 0 heterocycles. The molecule has 3 heteroatoms. The van der Waals surface area contributed by atoms with Gasteiger partial charge in [-0.15, -0.1) is 0 Å². The van der Waals surface area contributed by atoms with E-state index in [1.54, 1.807) is 0 Å². The summed E-state index contributed by atoms with van der Waals surface area (Å²) in [6.07, 6.45) is 3.16. The summed E-state index contributed by atoms with van der Waals surface area (Å²) >= 11 is 0. The van der Waals surface area contributed by atoms with Gasteiger partial charge in [0.15, 0.2) is 0 Å². The van der Waals surface area contributed by atoms with E-state index >= 15 is 0 Å². The first-order valence-corrected chi connectivity index (χ1v) is 7.88. The van der Waals surface area contributed by atoms with E-state index < -0.39 is 5.41 Å². The summed E-state index contributed by atoms with van der Waals surface area (Å²) in [6, 6.07) is 7.47. The van der Waals surface area contributed by atoms with Crippen LogP contribution in [0.15, 0.2) is 24.3 Å². The van der Waals surface area contributed by atoms with E-state index in [1.165, 1.54) is 0 Å². The fourth-order valence-corrected chi connectivity index (χ4v) is 2.92. The van der Waals surface area contributed by atoms with Gasteiger partial charge in [-0.3, -0.25) is 4.79 Å². The maximum absolute atomic E-state index is 12.6. The van der Waals surface area contributed by atoms with Crippen molar-refractivity contribution >= 4 is 11.7 Å². The Bertz CT molecular complexity index is 492. The molecule has 1 fully saturated rings. The molecular formula is C18H27NO2. The highest BCUT2D eigenvalue weighted by molar-refractivity contribution is 5.82. The van der Waals surface area contributed by atoms with Gasteiger partial charge in [0.05, 0.1) is 5.41 Å². The van der Waals surface area contributed by atoms with Crippen LogP contribution in [0.5, 0.6) is 0 Å². The Labute approximate surface area is 127 Å². The molecule has 0 amide bonds. The summed E-state index contributed by atoms with van der Waals surface area (Å²) in [5.74, 6) is 1.21.